The predicted octanol–water partition coefficient (Wildman–Crippen LogP) is 0.115. The normalized spacial score (nSPS) is 10.9. The van der Waals surface area contributed by atoms with Crippen molar-refractivity contribution < 1.29 is 4.74 Å². The van der Waals surface area contributed by atoms with E-state index < -0.39 is 5.69 Å². The molecule has 0 saturated heterocycles. The summed E-state index contributed by atoms with van der Waals surface area (Å²) in [5, 5.41) is 2.39. The van der Waals surface area contributed by atoms with E-state index >= 15 is 0 Å². The largest absolute Gasteiger partial charge is 0.497 e. The van der Waals surface area contributed by atoms with Crippen LogP contribution in [0.2, 0.25) is 0 Å². The second-order valence-corrected chi connectivity index (χ2v) is 3.77. The molecule has 0 unspecified atom stereocenters. The number of imidazole rings is 1. The van der Waals surface area contributed by atoms with Gasteiger partial charge in [0, 0.05) is 6.07 Å². The number of nitrogens with one attached hydrogen (secondary N) is 2. The number of ether oxygens (including phenoxy) is 1. The Kier molecular flexibility index (Phi) is 2.12. The van der Waals surface area contributed by atoms with Crippen LogP contribution in [0, 0.1) is 0 Å². The maximum absolute atomic E-state index is 12.0. The summed E-state index contributed by atoms with van der Waals surface area (Å²) in [7, 11) is 1.56. The Hall–Kier alpha value is -2.70. The molecule has 0 radical (unpaired) electrons. The summed E-state index contributed by atoms with van der Waals surface area (Å²) in [6, 6.07) is 7.09. The number of rotatable bonds is 2. The SMILES string of the molecule is COc1cccc(-n2cc3[nH]c(=O)[nH]n3c2=O)c1. The summed E-state index contributed by atoms with van der Waals surface area (Å²) in [5.41, 5.74) is 0.307. The molecular formula is C11H10N4O3. The van der Waals surface area contributed by atoms with E-state index in [9.17, 15) is 9.59 Å². The lowest BCUT2D eigenvalue weighted by atomic mass is 10.3. The number of H-pyrrole nitrogens is 2. The van der Waals surface area contributed by atoms with Crippen molar-refractivity contribution in [3.8, 4) is 11.4 Å². The monoisotopic (exact) mass is 246 g/mol. The van der Waals surface area contributed by atoms with Crippen molar-refractivity contribution in [3.05, 3.63) is 51.4 Å². The molecule has 0 atom stereocenters. The van der Waals surface area contributed by atoms with Crippen LogP contribution in [0.15, 0.2) is 40.1 Å². The Labute approximate surface area is 100 Å². The van der Waals surface area contributed by atoms with Crippen LogP contribution < -0.4 is 16.1 Å². The zero-order chi connectivity index (χ0) is 12.7. The molecule has 0 saturated carbocycles. The highest BCUT2D eigenvalue weighted by molar-refractivity contribution is 5.43. The fraction of sp³-hybridized carbons (Fsp3) is 0.0909. The van der Waals surface area contributed by atoms with Crippen LogP contribution in [0.4, 0.5) is 0 Å². The van der Waals surface area contributed by atoms with E-state index in [0.29, 0.717) is 17.1 Å². The molecule has 2 heterocycles. The van der Waals surface area contributed by atoms with Crippen molar-refractivity contribution in [2.45, 2.75) is 0 Å². The number of methoxy groups -OCH3 is 1. The second kappa shape index (κ2) is 3.66. The first kappa shape index (κ1) is 10.5. The summed E-state index contributed by atoms with van der Waals surface area (Å²) < 4.78 is 7.68. The molecule has 0 amide bonds. The lowest BCUT2D eigenvalue weighted by Gasteiger charge is -2.03. The topological polar surface area (TPSA) is 84.3 Å². The molecule has 1 aromatic carbocycles. The third-order valence-corrected chi connectivity index (χ3v) is 2.68. The van der Waals surface area contributed by atoms with Gasteiger partial charge in [0.05, 0.1) is 19.0 Å². The summed E-state index contributed by atoms with van der Waals surface area (Å²) in [5.74, 6) is 0.655. The highest BCUT2D eigenvalue weighted by Gasteiger charge is 2.09. The van der Waals surface area contributed by atoms with Gasteiger partial charge in [0.2, 0.25) is 0 Å². The number of fused-ring (bicyclic) bond motifs is 1. The summed E-state index contributed by atoms with van der Waals surface area (Å²) >= 11 is 0. The van der Waals surface area contributed by atoms with Crippen LogP contribution in [0.3, 0.4) is 0 Å². The molecule has 3 aromatic rings. The molecule has 7 heteroatoms. The Morgan fingerprint density at radius 1 is 1.28 bits per heavy atom. The van der Waals surface area contributed by atoms with Gasteiger partial charge in [-0.3, -0.25) is 9.55 Å². The van der Waals surface area contributed by atoms with Crippen molar-refractivity contribution >= 4 is 5.65 Å². The zero-order valence-corrected chi connectivity index (χ0v) is 9.51. The first-order chi connectivity index (χ1) is 8.69. The van der Waals surface area contributed by atoms with E-state index in [-0.39, 0.29) is 5.69 Å². The quantitative estimate of drug-likeness (QED) is 0.673. The highest BCUT2D eigenvalue weighted by atomic mass is 16.5. The minimum Gasteiger partial charge on any atom is -0.497 e. The molecule has 0 fully saturated rings. The summed E-state index contributed by atoms with van der Waals surface area (Å²) in [6.07, 6.45) is 1.55. The summed E-state index contributed by atoms with van der Waals surface area (Å²) in [4.78, 5) is 25.6. The minimum absolute atomic E-state index is 0.350. The third-order valence-electron chi connectivity index (χ3n) is 2.68. The molecule has 2 N–H and O–H groups in total. The van der Waals surface area contributed by atoms with Gasteiger partial charge in [0.15, 0.2) is 5.65 Å². The molecule has 2 aromatic heterocycles. The lowest BCUT2D eigenvalue weighted by molar-refractivity contribution is 0.414. The lowest BCUT2D eigenvalue weighted by Crippen LogP contribution is -2.21. The molecule has 92 valence electrons. The van der Waals surface area contributed by atoms with Gasteiger partial charge in [-0.05, 0) is 12.1 Å². The minimum atomic E-state index is -0.417. The van der Waals surface area contributed by atoms with E-state index in [1.165, 1.54) is 4.57 Å². The number of benzene rings is 1. The summed E-state index contributed by atoms with van der Waals surface area (Å²) in [6.45, 7) is 0. The molecule has 3 rings (SSSR count). The maximum atomic E-state index is 12.0. The van der Waals surface area contributed by atoms with Gasteiger partial charge >= 0.3 is 11.4 Å². The second-order valence-electron chi connectivity index (χ2n) is 3.77. The molecule has 0 aliphatic heterocycles. The van der Waals surface area contributed by atoms with Gasteiger partial charge in [-0.25, -0.2) is 14.7 Å². The number of nitrogens with zero attached hydrogens (tertiary/aromatic N) is 2. The average Bonchev–Trinajstić information content (AvgIpc) is 2.88. The van der Waals surface area contributed by atoms with Crippen LogP contribution in [0.1, 0.15) is 0 Å². The van der Waals surface area contributed by atoms with E-state index in [2.05, 4.69) is 10.1 Å². The highest BCUT2D eigenvalue weighted by Crippen LogP contribution is 2.15. The molecule has 7 nitrogen and oxygen atoms in total. The van der Waals surface area contributed by atoms with Crippen molar-refractivity contribution in [1.29, 1.82) is 0 Å². The fourth-order valence-electron chi connectivity index (χ4n) is 1.83. The molecule has 0 aliphatic carbocycles. The van der Waals surface area contributed by atoms with E-state index in [1.54, 1.807) is 37.6 Å². The first-order valence-electron chi connectivity index (χ1n) is 5.26. The number of aromatic amines is 2. The first-order valence-corrected chi connectivity index (χ1v) is 5.26. The van der Waals surface area contributed by atoms with Crippen LogP contribution in [-0.2, 0) is 0 Å². The Balaban J connectivity index is 2.24. The van der Waals surface area contributed by atoms with Crippen LogP contribution >= 0.6 is 0 Å². The molecule has 0 bridgehead atoms. The van der Waals surface area contributed by atoms with E-state index in [1.807, 2.05) is 0 Å². The molecule has 18 heavy (non-hydrogen) atoms. The number of aromatic nitrogens is 4. The van der Waals surface area contributed by atoms with Crippen molar-refractivity contribution in [1.82, 2.24) is 19.2 Å². The van der Waals surface area contributed by atoms with Gasteiger partial charge in [0.1, 0.15) is 5.75 Å². The van der Waals surface area contributed by atoms with Crippen molar-refractivity contribution in [3.63, 3.8) is 0 Å². The fourth-order valence-corrected chi connectivity index (χ4v) is 1.83. The standard InChI is InChI=1S/C11H10N4O3/c1-18-8-4-2-3-7(5-8)14-6-9-12-10(16)13-15(9)11(14)17/h2-6H,1H3,(H2,12,13,16). The van der Waals surface area contributed by atoms with Crippen LogP contribution in [0.25, 0.3) is 11.3 Å². The maximum Gasteiger partial charge on any atom is 0.353 e. The van der Waals surface area contributed by atoms with E-state index in [4.69, 9.17) is 4.74 Å². The smallest absolute Gasteiger partial charge is 0.353 e. The third kappa shape index (κ3) is 1.45. The van der Waals surface area contributed by atoms with Crippen LogP contribution in [-0.4, -0.2) is 26.3 Å². The van der Waals surface area contributed by atoms with Gasteiger partial charge in [0.25, 0.3) is 0 Å². The number of hydrogen-bond acceptors (Lipinski definition) is 3. The van der Waals surface area contributed by atoms with Gasteiger partial charge < -0.3 is 4.74 Å². The van der Waals surface area contributed by atoms with Gasteiger partial charge in [-0.2, -0.15) is 4.52 Å². The molecule has 0 aliphatic rings. The van der Waals surface area contributed by atoms with Crippen molar-refractivity contribution in [2.75, 3.05) is 7.11 Å². The van der Waals surface area contributed by atoms with E-state index in [0.717, 1.165) is 4.52 Å². The van der Waals surface area contributed by atoms with Crippen molar-refractivity contribution in [2.24, 2.45) is 0 Å². The average molecular weight is 246 g/mol. The van der Waals surface area contributed by atoms with Gasteiger partial charge in [-0.15, -0.1) is 0 Å². The number of hydrogen-bond donors (Lipinski definition) is 2. The molecule has 0 spiro atoms. The zero-order valence-electron chi connectivity index (χ0n) is 9.51. The predicted molar refractivity (Wildman–Crippen MR) is 64.5 cm³/mol. The Bertz CT molecular complexity index is 821. The van der Waals surface area contributed by atoms with Crippen LogP contribution in [0.5, 0.6) is 5.75 Å². The Morgan fingerprint density at radius 3 is 2.83 bits per heavy atom. The Morgan fingerprint density at radius 2 is 2.11 bits per heavy atom. The van der Waals surface area contributed by atoms with Gasteiger partial charge in [-0.1, -0.05) is 6.07 Å². The molecular weight excluding hydrogens is 236 g/mol.